The molecule has 0 fully saturated rings. The Hall–Kier alpha value is -1.35. The second-order valence-corrected chi connectivity index (χ2v) is 5.16. The smallest absolute Gasteiger partial charge is 0.125 e. The van der Waals surface area contributed by atoms with E-state index in [2.05, 4.69) is 41.2 Å². The van der Waals surface area contributed by atoms with Gasteiger partial charge in [-0.15, -0.1) is 11.8 Å². The van der Waals surface area contributed by atoms with Crippen molar-refractivity contribution in [3.8, 4) is 0 Å². The van der Waals surface area contributed by atoms with Crippen LogP contribution < -0.4 is 0 Å². The minimum absolute atomic E-state index is 0.836. The van der Waals surface area contributed by atoms with Gasteiger partial charge in [0, 0.05) is 16.8 Å². The third kappa shape index (κ3) is 3.30. The first-order valence-corrected chi connectivity index (χ1v) is 6.62. The molecule has 0 amide bonds. The van der Waals surface area contributed by atoms with Gasteiger partial charge >= 0.3 is 0 Å². The molecule has 0 N–H and O–H groups in total. The van der Waals surface area contributed by atoms with E-state index in [9.17, 15) is 0 Å². The summed E-state index contributed by atoms with van der Waals surface area (Å²) in [6, 6.07) is 8.60. The lowest BCUT2D eigenvalue weighted by Gasteiger charge is -2.05. The fraction of sp³-hybridized carbons (Fsp3) is 0.286. The molecule has 1 aromatic carbocycles. The number of rotatable bonds is 3. The summed E-state index contributed by atoms with van der Waals surface area (Å²) in [6.07, 6.45) is 1.91. The van der Waals surface area contributed by atoms with Crippen molar-refractivity contribution in [1.29, 1.82) is 0 Å². The zero-order valence-electron chi connectivity index (χ0n) is 10.4. The van der Waals surface area contributed by atoms with Gasteiger partial charge in [0.05, 0.1) is 5.69 Å². The molecule has 2 nitrogen and oxygen atoms in total. The molecule has 1 heterocycles. The Balaban J connectivity index is 2.07. The number of aromatic nitrogens is 2. The normalized spacial score (nSPS) is 10.5. The van der Waals surface area contributed by atoms with Gasteiger partial charge in [0.2, 0.25) is 0 Å². The van der Waals surface area contributed by atoms with E-state index in [4.69, 9.17) is 0 Å². The molecule has 0 aliphatic heterocycles. The van der Waals surface area contributed by atoms with Crippen molar-refractivity contribution in [2.75, 3.05) is 0 Å². The van der Waals surface area contributed by atoms with Crippen molar-refractivity contribution < 1.29 is 0 Å². The summed E-state index contributed by atoms with van der Waals surface area (Å²) < 4.78 is 0. The minimum atomic E-state index is 0.836. The fourth-order valence-corrected chi connectivity index (χ4v) is 2.56. The first-order chi connectivity index (χ1) is 8.15. The molecule has 2 rings (SSSR count). The maximum absolute atomic E-state index is 4.37. The molecule has 17 heavy (non-hydrogen) atoms. The van der Waals surface area contributed by atoms with Crippen molar-refractivity contribution >= 4 is 11.8 Å². The Morgan fingerprint density at radius 2 is 2.00 bits per heavy atom. The van der Waals surface area contributed by atoms with Crippen molar-refractivity contribution in [3.63, 3.8) is 0 Å². The monoisotopic (exact) mass is 244 g/mol. The Labute approximate surface area is 107 Å². The number of benzene rings is 1. The molecule has 0 aliphatic rings. The van der Waals surface area contributed by atoms with E-state index < -0.39 is 0 Å². The molecular weight excluding hydrogens is 228 g/mol. The number of nitrogens with zero attached hydrogens (tertiary/aromatic N) is 2. The third-order valence-electron chi connectivity index (χ3n) is 2.53. The molecule has 0 spiro atoms. The SMILES string of the molecule is Cc1cccc(CSc2cnc(C)nc2C)c1. The molecule has 0 bridgehead atoms. The third-order valence-corrected chi connectivity index (χ3v) is 3.72. The predicted molar refractivity (Wildman–Crippen MR) is 72.2 cm³/mol. The minimum Gasteiger partial charge on any atom is -0.241 e. The number of hydrogen-bond donors (Lipinski definition) is 0. The Kier molecular flexibility index (Phi) is 3.79. The zero-order chi connectivity index (χ0) is 12.3. The van der Waals surface area contributed by atoms with Gasteiger partial charge in [-0.05, 0) is 26.3 Å². The van der Waals surface area contributed by atoms with Crippen molar-refractivity contribution in [1.82, 2.24) is 9.97 Å². The lowest BCUT2D eigenvalue weighted by atomic mass is 10.2. The first kappa shape index (κ1) is 12.1. The number of hydrogen-bond acceptors (Lipinski definition) is 3. The lowest BCUT2D eigenvalue weighted by Crippen LogP contribution is -1.93. The van der Waals surface area contributed by atoms with Crippen molar-refractivity contribution in [2.45, 2.75) is 31.4 Å². The summed E-state index contributed by atoms with van der Waals surface area (Å²) in [6.45, 7) is 6.07. The summed E-state index contributed by atoms with van der Waals surface area (Å²) in [5.74, 6) is 1.80. The average Bonchev–Trinajstić information content (AvgIpc) is 2.28. The number of aryl methyl sites for hydroxylation is 3. The Morgan fingerprint density at radius 3 is 2.71 bits per heavy atom. The van der Waals surface area contributed by atoms with Crippen LogP contribution in [0.2, 0.25) is 0 Å². The van der Waals surface area contributed by atoms with Gasteiger partial charge in [-0.1, -0.05) is 29.8 Å². The predicted octanol–water partition coefficient (Wildman–Crippen LogP) is 3.69. The van der Waals surface area contributed by atoms with E-state index in [0.717, 1.165) is 22.2 Å². The fourth-order valence-electron chi connectivity index (χ4n) is 1.68. The van der Waals surface area contributed by atoms with E-state index in [-0.39, 0.29) is 0 Å². The van der Waals surface area contributed by atoms with Gasteiger partial charge in [0.1, 0.15) is 5.82 Å². The van der Waals surface area contributed by atoms with Gasteiger partial charge in [0.25, 0.3) is 0 Å². The molecule has 0 unspecified atom stereocenters. The average molecular weight is 244 g/mol. The first-order valence-electron chi connectivity index (χ1n) is 5.64. The molecule has 0 radical (unpaired) electrons. The molecule has 3 heteroatoms. The highest BCUT2D eigenvalue weighted by molar-refractivity contribution is 7.98. The molecule has 1 aromatic heterocycles. The summed E-state index contributed by atoms with van der Waals surface area (Å²) in [7, 11) is 0. The molecule has 88 valence electrons. The standard InChI is InChI=1S/C14H16N2S/c1-10-5-4-6-13(7-10)9-17-14-8-15-12(3)16-11(14)2/h4-8H,9H2,1-3H3. The Morgan fingerprint density at radius 1 is 1.18 bits per heavy atom. The van der Waals surface area contributed by atoms with Crippen LogP contribution in [-0.4, -0.2) is 9.97 Å². The van der Waals surface area contributed by atoms with Crippen LogP contribution in [-0.2, 0) is 5.75 Å². The molecule has 0 saturated carbocycles. The molecular formula is C14H16N2S. The van der Waals surface area contributed by atoms with Crippen molar-refractivity contribution in [2.24, 2.45) is 0 Å². The Bertz CT molecular complexity index is 523. The van der Waals surface area contributed by atoms with Crippen molar-refractivity contribution in [3.05, 3.63) is 53.1 Å². The quantitative estimate of drug-likeness (QED) is 0.770. The number of thioether (sulfide) groups is 1. The van der Waals surface area contributed by atoms with Gasteiger partial charge in [0.15, 0.2) is 0 Å². The highest BCUT2D eigenvalue weighted by Gasteiger charge is 2.02. The largest absolute Gasteiger partial charge is 0.241 e. The van der Waals surface area contributed by atoms with E-state index in [1.165, 1.54) is 11.1 Å². The topological polar surface area (TPSA) is 25.8 Å². The second-order valence-electron chi connectivity index (χ2n) is 4.14. The summed E-state index contributed by atoms with van der Waals surface area (Å²) in [5, 5.41) is 0. The van der Waals surface area contributed by atoms with Crippen LogP contribution in [0.5, 0.6) is 0 Å². The zero-order valence-corrected chi connectivity index (χ0v) is 11.2. The van der Waals surface area contributed by atoms with Gasteiger partial charge in [-0.3, -0.25) is 0 Å². The highest BCUT2D eigenvalue weighted by atomic mass is 32.2. The summed E-state index contributed by atoms with van der Waals surface area (Å²) in [5.41, 5.74) is 3.71. The van der Waals surface area contributed by atoms with Crippen LogP contribution in [0.1, 0.15) is 22.6 Å². The highest BCUT2D eigenvalue weighted by Crippen LogP contribution is 2.24. The maximum atomic E-state index is 4.37. The lowest BCUT2D eigenvalue weighted by molar-refractivity contribution is 0.958. The van der Waals surface area contributed by atoms with E-state index >= 15 is 0 Å². The summed E-state index contributed by atoms with van der Waals surface area (Å²) in [4.78, 5) is 9.77. The molecule has 2 aromatic rings. The van der Waals surface area contributed by atoms with Crippen LogP contribution in [0.3, 0.4) is 0 Å². The van der Waals surface area contributed by atoms with E-state index in [1.807, 2.05) is 20.0 Å². The second kappa shape index (κ2) is 5.32. The van der Waals surface area contributed by atoms with Crippen LogP contribution in [0.4, 0.5) is 0 Å². The van der Waals surface area contributed by atoms with Crippen LogP contribution in [0, 0.1) is 20.8 Å². The van der Waals surface area contributed by atoms with E-state index in [1.54, 1.807) is 11.8 Å². The maximum Gasteiger partial charge on any atom is 0.125 e. The molecule has 0 aliphatic carbocycles. The van der Waals surface area contributed by atoms with Crippen LogP contribution in [0.25, 0.3) is 0 Å². The van der Waals surface area contributed by atoms with Crippen LogP contribution in [0.15, 0.2) is 35.4 Å². The van der Waals surface area contributed by atoms with Gasteiger partial charge < -0.3 is 0 Å². The van der Waals surface area contributed by atoms with Gasteiger partial charge in [-0.25, -0.2) is 9.97 Å². The molecule has 0 saturated heterocycles. The van der Waals surface area contributed by atoms with Gasteiger partial charge in [-0.2, -0.15) is 0 Å². The summed E-state index contributed by atoms with van der Waals surface area (Å²) >= 11 is 1.79. The van der Waals surface area contributed by atoms with Crippen LogP contribution >= 0.6 is 11.8 Å². The van der Waals surface area contributed by atoms with E-state index in [0.29, 0.717) is 0 Å². The molecule has 0 atom stereocenters.